The van der Waals surface area contributed by atoms with Crippen molar-refractivity contribution < 1.29 is 9.52 Å². The maximum Gasteiger partial charge on any atom is 0.211 e. The molecule has 0 bridgehead atoms. The van der Waals surface area contributed by atoms with Crippen LogP contribution in [0.25, 0.3) is 0 Å². The van der Waals surface area contributed by atoms with Crippen LogP contribution in [0.4, 0.5) is 0 Å². The highest BCUT2D eigenvalue weighted by atomic mass is 32.1. The van der Waals surface area contributed by atoms with Crippen molar-refractivity contribution in [1.82, 2.24) is 9.88 Å². The number of nitrogens with zero attached hydrogens (tertiary/aromatic N) is 2. The molecule has 0 aliphatic carbocycles. The highest BCUT2D eigenvalue weighted by Crippen LogP contribution is 2.28. The van der Waals surface area contributed by atoms with Crippen LogP contribution in [-0.4, -0.2) is 34.7 Å². The maximum absolute atomic E-state index is 9.36. The number of aromatic nitrogens is 1. The first-order valence-corrected chi connectivity index (χ1v) is 4.05. The van der Waals surface area contributed by atoms with Crippen molar-refractivity contribution in [2.45, 2.75) is 26.0 Å². The average molecular weight is 218 g/mol. The van der Waals surface area contributed by atoms with Gasteiger partial charge in [0, 0.05) is 6.54 Å². The molecule has 4 nitrogen and oxygen atoms in total. The molecule has 1 aliphatic rings. The van der Waals surface area contributed by atoms with Gasteiger partial charge in [-0.1, -0.05) is 7.43 Å². The van der Waals surface area contributed by atoms with Crippen molar-refractivity contribution in [3.8, 4) is 0 Å². The van der Waals surface area contributed by atoms with Crippen molar-refractivity contribution in [2.75, 3.05) is 13.6 Å². The van der Waals surface area contributed by atoms with Gasteiger partial charge in [0.25, 0.3) is 0 Å². The number of aliphatic hydroxyl groups is 1. The second-order valence-corrected chi connectivity index (χ2v) is 3.22. The number of rotatable bonds is 1. The standard InChI is InChI=1S/C8H12N2O2.CH4.H2S/c1-10-5-6(11)4-7(10)8-9-2-3-12-8;;/h2-3,6-7,11H,4-5H2,1H3;1H4;1H2/t6-,7+;;/m1../s1. The second kappa shape index (κ2) is 5.38. The molecule has 0 unspecified atom stereocenters. The Hall–Kier alpha value is -0.520. The normalized spacial score (nSPS) is 26.7. The van der Waals surface area contributed by atoms with Gasteiger partial charge in [-0.3, -0.25) is 4.90 Å². The lowest BCUT2D eigenvalue weighted by atomic mass is 10.2. The minimum Gasteiger partial charge on any atom is -0.447 e. The summed E-state index contributed by atoms with van der Waals surface area (Å²) < 4.78 is 5.17. The Labute approximate surface area is 91.4 Å². The van der Waals surface area contributed by atoms with Crippen LogP contribution in [0.5, 0.6) is 0 Å². The molecule has 5 heteroatoms. The Bertz CT molecular complexity index is 253. The third kappa shape index (κ3) is 2.50. The molecule has 2 atom stereocenters. The second-order valence-electron chi connectivity index (χ2n) is 3.22. The van der Waals surface area contributed by atoms with Crippen molar-refractivity contribution in [1.29, 1.82) is 0 Å². The molecule has 2 heterocycles. The van der Waals surface area contributed by atoms with Crippen LogP contribution in [0.1, 0.15) is 25.8 Å². The van der Waals surface area contributed by atoms with Gasteiger partial charge in [0.1, 0.15) is 6.26 Å². The lowest BCUT2D eigenvalue weighted by Gasteiger charge is -2.14. The van der Waals surface area contributed by atoms with E-state index in [1.54, 1.807) is 12.5 Å². The Balaban J connectivity index is 0.000000845. The van der Waals surface area contributed by atoms with Crippen LogP contribution in [0, 0.1) is 0 Å². The summed E-state index contributed by atoms with van der Waals surface area (Å²) in [7, 11) is 1.96. The molecule has 1 N–H and O–H groups in total. The van der Waals surface area contributed by atoms with E-state index in [1.807, 2.05) is 7.05 Å². The first-order chi connectivity index (χ1) is 5.77. The van der Waals surface area contributed by atoms with E-state index in [-0.39, 0.29) is 33.1 Å². The zero-order valence-corrected chi connectivity index (χ0v) is 8.47. The molecule has 0 radical (unpaired) electrons. The quantitative estimate of drug-likeness (QED) is 0.768. The van der Waals surface area contributed by atoms with Crippen LogP contribution < -0.4 is 0 Å². The Morgan fingerprint density at radius 1 is 1.64 bits per heavy atom. The molecule has 1 fully saturated rings. The number of likely N-dealkylation sites (tertiary alicyclic amines) is 1. The van der Waals surface area contributed by atoms with Gasteiger partial charge < -0.3 is 9.52 Å². The van der Waals surface area contributed by atoms with Crippen LogP contribution in [0.15, 0.2) is 16.9 Å². The molecule has 0 amide bonds. The fourth-order valence-electron chi connectivity index (χ4n) is 1.66. The van der Waals surface area contributed by atoms with Crippen molar-refractivity contribution >= 4 is 13.5 Å². The Kier molecular flexibility index (Phi) is 5.18. The smallest absolute Gasteiger partial charge is 0.211 e. The highest BCUT2D eigenvalue weighted by molar-refractivity contribution is 7.59. The summed E-state index contributed by atoms with van der Waals surface area (Å²) in [5.41, 5.74) is 0. The van der Waals surface area contributed by atoms with Crippen molar-refractivity contribution in [3.05, 3.63) is 18.4 Å². The van der Waals surface area contributed by atoms with E-state index in [0.717, 1.165) is 6.42 Å². The Morgan fingerprint density at radius 3 is 2.79 bits per heavy atom. The predicted octanol–water partition coefficient (Wildman–Crippen LogP) is 1.16. The fraction of sp³-hybridized carbons (Fsp3) is 0.667. The summed E-state index contributed by atoms with van der Waals surface area (Å²) >= 11 is 0. The molecule has 1 aliphatic heterocycles. The molecule has 1 aromatic rings. The Morgan fingerprint density at radius 2 is 2.36 bits per heavy atom. The minimum atomic E-state index is -0.244. The van der Waals surface area contributed by atoms with Crippen LogP contribution >= 0.6 is 13.5 Å². The van der Waals surface area contributed by atoms with E-state index in [9.17, 15) is 5.11 Å². The average Bonchev–Trinajstić information content (AvgIpc) is 2.58. The predicted molar refractivity (Wildman–Crippen MR) is 59.6 cm³/mol. The van der Waals surface area contributed by atoms with Gasteiger partial charge >= 0.3 is 0 Å². The summed E-state index contributed by atoms with van der Waals surface area (Å²) in [6, 6.07) is 0.148. The van der Waals surface area contributed by atoms with E-state index in [2.05, 4.69) is 9.88 Å². The highest BCUT2D eigenvalue weighted by Gasteiger charge is 2.31. The molecular weight excluding hydrogens is 200 g/mol. The molecule has 1 aromatic heterocycles. The summed E-state index contributed by atoms with van der Waals surface area (Å²) in [4.78, 5) is 6.12. The first kappa shape index (κ1) is 13.5. The molecule has 0 spiro atoms. The zero-order chi connectivity index (χ0) is 8.55. The monoisotopic (exact) mass is 218 g/mol. The molecule has 1 saturated heterocycles. The van der Waals surface area contributed by atoms with E-state index in [4.69, 9.17) is 4.42 Å². The lowest BCUT2D eigenvalue weighted by Crippen LogP contribution is -2.19. The minimum absolute atomic E-state index is 0. The molecule has 14 heavy (non-hydrogen) atoms. The number of hydrogen-bond donors (Lipinski definition) is 1. The number of oxazole rings is 1. The summed E-state index contributed by atoms with van der Waals surface area (Å²) in [6.45, 7) is 0.701. The van der Waals surface area contributed by atoms with Gasteiger partial charge in [-0.25, -0.2) is 4.98 Å². The summed E-state index contributed by atoms with van der Waals surface area (Å²) in [5.74, 6) is 0.703. The summed E-state index contributed by atoms with van der Waals surface area (Å²) in [5, 5.41) is 9.36. The zero-order valence-electron chi connectivity index (χ0n) is 7.47. The van der Waals surface area contributed by atoms with Gasteiger partial charge in [0.15, 0.2) is 0 Å². The fourth-order valence-corrected chi connectivity index (χ4v) is 1.66. The van der Waals surface area contributed by atoms with Gasteiger partial charge in [0.2, 0.25) is 5.89 Å². The van der Waals surface area contributed by atoms with Crippen molar-refractivity contribution in [2.24, 2.45) is 0 Å². The molecule has 2 rings (SSSR count). The number of aliphatic hydroxyl groups excluding tert-OH is 1. The molecule has 0 aromatic carbocycles. The first-order valence-electron chi connectivity index (χ1n) is 4.05. The largest absolute Gasteiger partial charge is 0.447 e. The van der Waals surface area contributed by atoms with Gasteiger partial charge in [0.05, 0.1) is 18.3 Å². The van der Waals surface area contributed by atoms with Crippen LogP contribution in [0.3, 0.4) is 0 Å². The third-order valence-corrected chi connectivity index (χ3v) is 2.26. The van der Waals surface area contributed by atoms with E-state index >= 15 is 0 Å². The van der Waals surface area contributed by atoms with E-state index in [0.29, 0.717) is 12.4 Å². The number of hydrogen-bond acceptors (Lipinski definition) is 4. The van der Waals surface area contributed by atoms with Gasteiger partial charge in [-0.2, -0.15) is 13.5 Å². The SMILES string of the molecule is C.CN1C[C@H](O)C[C@H]1c1ncco1.S. The van der Waals surface area contributed by atoms with Gasteiger partial charge in [-0.15, -0.1) is 0 Å². The summed E-state index contributed by atoms with van der Waals surface area (Å²) in [6.07, 6.45) is 3.67. The lowest BCUT2D eigenvalue weighted by molar-refractivity contribution is 0.182. The maximum atomic E-state index is 9.36. The van der Waals surface area contributed by atoms with E-state index in [1.165, 1.54) is 0 Å². The van der Waals surface area contributed by atoms with Gasteiger partial charge in [-0.05, 0) is 13.5 Å². The molecular formula is C9H18N2O2S. The van der Waals surface area contributed by atoms with E-state index < -0.39 is 0 Å². The topological polar surface area (TPSA) is 49.5 Å². The van der Waals surface area contributed by atoms with Crippen LogP contribution in [0.2, 0.25) is 0 Å². The number of likely N-dealkylation sites (N-methyl/N-ethyl adjacent to an activating group) is 1. The van der Waals surface area contributed by atoms with Crippen molar-refractivity contribution in [3.63, 3.8) is 0 Å². The molecule has 82 valence electrons. The number of β-amino-alcohol motifs (C(OH)–C–C–N with tert-alkyl or cyclic N) is 1. The molecule has 0 saturated carbocycles. The third-order valence-electron chi connectivity index (χ3n) is 2.26. The van der Waals surface area contributed by atoms with Crippen LogP contribution in [-0.2, 0) is 0 Å².